The number of anilines is 2. The summed E-state index contributed by atoms with van der Waals surface area (Å²) in [6, 6.07) is 5.61. The van der Waals surface area contributed by atoms with Crippen LogP contribution in [0.1, 0.15) is 30.6 Å². The molecule has 88 valence electrons. The molecule has 0 saturated carbocycles. The molecule has 0 heterocycles. The Morgan fingerprint density at radius 1 is 1.56 bits per heavy atom. The maximum atomic E-state index is 11.4. The van der Waals surface area contributed by atoms with Crippen molar-refractivity contribution in [1.29, 1.82) is 0 Å². The molecule has 0 saturated heterocycles. The van der Waals surface area contributed by atoms with Crippen LogP contribution in [0.15, 0.2) is 18.2 Å². The topological polar surface area (TPSA) is 64.3 Å². The molecule has 0 amide bonds. The quantitative estimate of drug-likeness (QED) is 0.606. The SMILES string of the molecule is CCC(C)Nc1cccc(C(=O)OC)c1N. The van der Waals surface area contributed by atoms with Gasteiger partial charge in [-0.1, -0.05) is 13.0 Å². The summed E-state index contributed by atoms with van der Waals surface area (Å²) in [7, 11) is 1.34. The van der Waals surface area contributed by atoms with Gasteiger partial charge in [-0.25, -0.2) is 4.79 Å². The van der Waals surface area contributed by atoms with Crippen LogP contribution in [0, 0.1) is 0 Å². The van der Waals surface area contributed by atoms with Crippen LogP contribution in [0.5, 0.6) is 0 Å². The number of carbonyl (C=O) groups excluding carboxylic acids is 1. The number of nitrogens with two attached hydrogens (primary N) is 1. The number of nitrogens with one attached hydrogen (secondary N) is 1. The van der Waals surface area contributed by atoms with Crippen molar-refractivity contribution < 1.29 is 9.53 Å². The van der Waals surface area contributed by atoms with Gasteiger partial charge in [0.2, 0.25) is 0 Å². The van der Waals surface area contributed by atoms with Gasteiger partial charge in [0, 0.05) is 6.04 Å². The van der Waals surface area contributed by atoms with E-state index < -0.39 is 5.97 Å². The lowest BCUT2D eigenvalue weighted by Crippen LogP contribution is -2.16. The second-order valence-electron chi connectivity index (χ2n) is 3.71. The minimum absolute atomic E-state index is 0.315. The van der Waals surface area contributed by atoms with Crippen LogP contribution in [0.2, 0.25) is 0 Å². The van der Waals surface area contributed by atoms with Crippen LogP contribution >= 0.6 is 0 Å². The standard InChI is InChI=1S/C12H18N2O2/c1-4-8(2)14-10-7-5-6-9(11(10)13)12(15)16-3/h5-8,14H,4,13H2,1-3H3. The Hall–Kier alpha value is -1.71. The lowest BCUT2D eigenvalue weighted by Gasteiger charge is -2.16. The number of para-hydroxylation sites is 1. The molecule has 4 nitrogen and oxygen atoms in total. The molecule has 1 atom stereocenters. The van der Waals surface area contributed by atoms with Crippen molar-refractivity contribution in [2.24, 2.45) is 0 Å². The number of hydrogen-bond donors (Lipinski definition) is 2. The second-order valence-corrected chi connectivity index (χ2v) is 3.71. The van der Waals surface area contributed by atoms with Crippen molar-refractivity contribution in [2.75, 3.05) is 18.2 Å². The van der Waals surface area contributed by atoms with Gasteiger partial charge in [0.05, 0.1) is 24.0 Å². The highest BCUT2D eigenvalue weighted by molar-refractivity contribution is 5.98. The van der Waals surface area contributed by atoms with Crippen molar-refractivity contribution >= 4 is 17.3 Å². The molecule has 3 N–H and O–H groups in total. The molecule has 0 aliphatic heterocycles. The molecule has 0 aliphatic rings. The molecule has 4 heteroatoms. The Bertz CT molecular complexity index is 377. The number of ether oxygens (including phenoxy) is 1. The lowest BCUT2D eigenvalue weighted by molar-refractivity contribution is 0.0602. The number of nitrogen functional groups attached to an aromatic ring is 1. The van der Waals surface area contributed by atoms with E-state index in [1.807, 2.05) is 6.07 Å². The van der Waals surface area contributed by atoms with E-state index in [-0.39, 0.29) is 0 Å². The molecule has 0 bridgehead atoms. The molecule has 0 aromatic heterocycles. The van der Waals surface area contributed by atoms with Gasteiger partial charge in [0.1, 0.15) is 0 Å². The summed E-state index contributed by atoms with van der Waals surface area (Å²) in [6.07, 6.45) is 0.988. The summed E-state index contributed by atoms with van der Waals surface area (Å²) in [5.41, 5.74) is 7.51. The van der Waals surface area contributed by atoms with Gasteiger partial charge in [-0.05, 0) is 25.5 Å². The first-order valence-electron chi connectivity index (χ1n) is 5.33. The van der Waals surface area contributed by atoms with Crippen LogP contribution in [0.3, 0.4) is 0 Å². The average Bonchev–Trinajstić information content (AvgIpc) is 2.30. The van der Waals surface area contributed by atoms with E-state index >= 15 is 0 Å². The Labute approximate surface area is 95.8 Å². The number of esters is 1. The first-order valence-corrected chi connectivity index (χ1v) is 5.33. The Morgan fingerprint density at radius 3 is 2.81 bits per heavy atom. The minimum Gasteiger partial charge on any atom is -0.465 e. The van der Waals surface area contributed by atoms with Crippen molar-refractivity contribution in [1.82, 2.24) is 0 Å². The molecule has 0 aliphatic carbocycles. The smallest absolute Gasteiger partial charge is 0.340 e. The maximum absolute atomic E-state index is 11.4. The fourth-order valence-corrected chi connectivity index (χ4v) is 1.35. The molecular weight excluding hydrogens is 204 g/mol. The van der Waals surface area contributed by atoms with E-state index in [9.17, 15) is 4.79 Å². The van der Waals surface area contributed by atoms with Gasteiger partial charge in [-0.15, -0.1) is 0 Å². The average molecular weight is 222 g/mol. The molecule has 1 unspecified atom stereocenters. The number of rotatable bonds is 4. The van der Waals surface area contributed by atoms with Crippen molar-refractivity contribution in [3.05, 3.63) is 23.8 Å². The van der Waals surface area contributed by atoms with E-state index in [1.165, 1.54) is 7.11 Å². The highest BCUT2D eigenvalue weighted by Crippen LogP contribution is 2.24. The Morgan fingerprint density at radius 2 is 2.25 bits per heavy atom. The fourth-order valence-electron chi connectivity index (χ4n) is 1.35. The third-order valence-corrected chi connectivity index (χ3v) is 2.53. The fraction of sp³-hybridized carbons (Fsp3) is 0.417. The minimum atomic E-state index is -0.412. The molecular formula is C12H18N2O2. The zero-order chi connectivity index (χ0) is 12.1. The van der Waals surface area contributed by atoms with Crippen LogP contribution in [0.25, 0.3) is 0 Å². The third kappa shape index (κ3) is 2.66. The lowest BCUT2D eigenvalue weighted by atomic mass is 10.1. The number of benzene rings is 1. The van der Waals surface area contributed by atoms with Gasteiger partial charge < -0.3 is 15.8 Å². The van der Waals surface area contributed by atoms with E-state index in [4.69, 9.17) is 5.73 Å². The predicted molar refractivity (Wildman–Crippen MR) is 65.6 cm³/mol. The molecule has 0 radical (unpaired) electrons. The summed E-state index contributed by atoms with van der Waals surface area (Å²) in [5, 5.41) is 3.25. The van der Waals surface area contributed by atoms with E-state index in [0.717, 1.165) is 12.1 Å². The second kappa shape index (κ2) is 5.39. The summed E-state index contributed by atoms with van der Waals surface area (Å²) < 4.78 is 4.66. The summed E-state index contributed by atoms with van der Waals surface area (Å²) in [6.45, 7) is 4.14. The number of carbonyl (C=O) groups is 1. The number of hydrogen-bond acceptors (Lipinski definition) is 4. The Balaban J connectivity index is 2.99. The zero-order valence-electron chi connectivity index (χ0n) is 9.91. The van der Waals surface area contributed by atoms with E-state index in [0.29, 0.717) is 17.3 Å². The normalized spacial score (nSPS) is 11.9. The van der Waals surface area contributed by atoms with Crippen LogP contribution in [-0.4, -0.2) is 19.1 Å². The predicted octanol–water partition coefficient (Wildman–Crippen LogP) is 2.27. The van der Waals surface area contributed by atoms with Crippen molar-refractivity contribution in [3.63, 3.8) is 0 Å². The van der Waals surface area contributed by atoms with E-state index in [1.54, 1.807) is 12.1 Å². The molecule has 0 spiro atoms. The summed E-state index contributed by atoms with van der Waals surface area (Å²) in [5.74, 6) is -0.412. The highest BCUT2D eigenvalue weighted by Gasteiger charge is 2.13. The zero-order valence-corrected chi connectivity index (χ0v) is 9.91. The summed E-state index contributed by atoms with van der Waals surface area (Å²) in [4.78, 5) is 11.4. The van der Waals surface area contributed by atoms with Gasteiger partial charge in [0.25, 0.3) is 0 Å². The van der Waals surface area contributed by atoms with Gasteiger partial charge in [0.15, 0.2) is 0 Å². The molecule has 16 heavy (non-hydrogen) atoms. The van der Waals surface area contributed by atoms with Crippen molar-refractivity contribution in [2.45, 2.75) is 26.3 Å². The number of methoxy groups -OCH3 is 1. The first-order chi connectivity index (χ1) is 7.60. The van der Waals surface area contributed by atoms with Crippen LogP contribution in [0.4, 0.5) is 11.4 Å². The van der Waals surface area contributed by atoms with Crippen LogP contribution in [-0.2, 0) is 4.74 Å². The van der Waals surface area contributed by atoms with E-state index in [2.05, 4.69) is 23.9 Å². The maximum Gasteiger partial charge on any atom is 0.340 e. The Kier molecular flexibility index (Phi) is 4.17. The van der Waals surface area contributed by atoms with Gasteiger partial charge in [-0.3, -0.25) is 0 Å². The summed E-state index contributed by atoms with van der Waals surface area (Å²) >= 11 is 0. The van der Waals surface area contributed by atoms with Crippen molar-refractivity contribution in [3.8, 4) is 0 Å². The molecule has 1 aromatic rings. The first kappa shape index (κ1) is 12.4. The molecule has 1 rings (SSSR count). The largest absolute Gasteiger partial charge is 0.465 e. The molecule has 0 fully saturated rings. The van der Waals surface area contributed by atoms with Gasteiger partial charge in [-0.2, -0.15) is 0 Å². The monoisotopic (exact) mass is 222 g/mol. The molecule has 1 aromatic carbocycles. The van der Waals surface area contributed by atoms with Gasteiger partial charge >= 0.3 is 5.97 Å². The highest BCUT2D eigenvalue weighted by atomic mass is 16.5. The third-order valence-electron chi connectivity index (χ3n) is 2.53. The van der Waals surface area contributed by atoms with Crippen LogP contribution < -0.4 is 11.1 Å².